The minimum atomic E-state index is -0.123. The predicted molar refractivity (Wildman–Crippen MR) is 101 cm³/mol. The van der Waals surface area contributed by atoms with Crippen molar-refractivity contribution in [1.29, 1.82) is 0 Å². The Balaban J connectivity index is 1.51. The van der Waals surface area contributed by atoms with Gasteiger partial charge in [0.2, 0.25) is 5.91 Å². The van der Waals surface area contributed by atoms with Gasteiger partial charge in [0.05, 0.1) is 6.54 Å². The van der Waals surface area contributed by atoms with Crippen molar-refractivity contribution in [3.8, 4) is 0 Å². The van der Waals surface area contributed by atoms with Crippen LogP contribution in [0.4, 0.5) is 0 Å². The summed E-state index contributed by atoms with van der Waals surface area (Å²) in [5, 5.41) is 6.97. The molecule has 3 aromatic rings. The van der Waals surface area contributed by atoms with Crippen LogP contribution in [0.2, 0.25) is 0 Å². The molecular weight excluding hydrogens is 380 g/mol. The Morgan fingerprint density at radius 1 is 1.12 bits per heavy atom. The van der Waals surface area contributed by atoms with Crippen LogP contribution in [0.3, 0.4) is 0 Å². The van der Waals surface area contributed by atoms with E-state index in [9.17, 15) is 4.79 Å². The molecule has 1 aromatic heterocycles. The van der Waals surface area contributed by atoms with Crippen LogP contribution in [0.15, 0.2) is 71.7 Å². The number of carbonyl (C=O) groups is 1. The number of halogens is 1. The van der Waals surface area contributed by atoms with Crippen LogP contribution in [-0.2, 0) is 17.9 Å². The smallest absolute Gasteiger partial charge is 0.244 e. The van der Waals surface area contributed by atoms with Gasteiger partial charge >= 0.3 is 0 Å². The van der Waals surface area contributed by atoms with Crippen LogP contribution in [-0.4, -0.2) is 20.7 Å². The summed E-state index contributed by atoms with van der Waals surface area (Å²) in [6.07, 6.45) is 6.54. The van der Waals surface area contributed by atoms with Gasteiger partial charge in [-0.05, 0) is 28.8 Å². The highest BCUT2D eigenvalue weighted by Crippen LogP contribution is 2.16. The summed E-state index contributed by atoms with van der Waals surface area (Å²) in [5.74, 6) is -0.123. The highest BCUT2D eigenvalue weighted by atomic mass is 79.9. The van der Waals surface area contributed by atoms with E-state index in [0.717, 1.165) is 21.2 Å². The molecule has 6 heteroatoms. The number of aromatic nitrogens is 3. The molecular formula is C19H17BrN4O. The second kappa shape index (κ2) is 8.39. The van der Waals surface area contributed by atoms with E-state index in [1.807, 2.05) is 48.5 Å². The normalized spacial score (nSPS) is 10.9. The summed E-state index contributed by atoms with van der Waals surface area (Å²) in [4.78, 5) is 15.9. The fourth-order valence-electron chi connectivity index (χ4n) is 2.29. The van der Waals surface area contributed by atoms with Crippen LogP contribution < -0.4 is 5.32 Å². The fraction of sp³-hybridized carbons (Fsp3) is 0.105. The molecule has 5 nitrogen and oxygen atoms in total. The lowest BCUT2D eigenvalue weighted by Crippen LogP contribution is -2.20. The third-order valence-corrected chi connectivity index (χ3v) is 4.34. The number of carbonyl (C=O) groups excluding carboxylic acids is 1. The molecule has 25 heavy (non-hydrogen) atoms. The van der Waals surface area contributed by atoms with Gasteiger partial charge in [-0.2, -0.15) is 5.10 Å². The lowest BCUT2D eigenvalue weighted by Gasteiger charge is -2.05. The maximum atomic E-state index is 11.9. The Morgan fingerprint density at radius 3 is 2.60 bits per heavy atom. The monoisotopic (exact) mass is 396 g/mol. The summed E-state index contributed by atoms with van der Waals surface area (Å²) in [6.45, 7) is 1.17. The van der Waals surface area contributed by atoms with Crippen molar-refractivity contribution >= 4 is 27.9 Å². The molecule has 1 heterocycles. The lowest BCUT2D eigenvalue weighted by atomic mass is 10.1. The highest BCUT2D eigenvalue weighted by molar-refractivity contribution is 9.10. The van der Waals surface area contributed by atoms with E-state index < -0.39 is 0 Å². The van der Waals surface area contributed by atoms with Gasteiger partial charge in [-0.25, -0.2) is 9.67 Å². The van der Waals surface area contributed by atoms with Crippen molar-refractivity contribution in [2.45, 2.75) is 13.1 Å². The molecule has 0 bridgehead atoms. The quantitative estimate of drug-likeness (QED) is 0.649. The number of hydrogen-bond acceptors (Lipinski definition) is 3. The molecule has 0 aliphatic heterocycles. The van der Waals surface area contributed by atoms with Crippen LogP contribution in [0.1, 0.15) is 16.7 Å². The van der Waals surface area contributed by atoms with Crippen LogP contribution in [0, 0.1) is 0 Å². The zero-order chi connectivity index (χ0) is 17.5. The summed E-state index contributed by atoms with van der Waals surface area (Å²) < 4.78 is 2.73. The Labute approximate surface area is 154 Å². The Kier molecular flexibility index (Phi) is 5.74. The zero-order valence-corrected chi connectivity index (χ0v) is 15.1. The Bertz CT molecular complexity index is 857. The van der Waals surface area contributed by atoms with Gasteiger partial charge in [0.25, 0.3) is 0 Å². The first-order chi connectivity index (χ1) is 12.2. The van der Waals surface area contributed by atoms with Crippen molar-refractivity contribution in [3.05, 3.63) is 88.4 Å². The highest BCUT2D eigenvalue weighted by Gasteiger charge is 2.00. The topological polar surface area (TPSA) is 59.8 Å². The standard InChI is InChI=1S/C19H17BrN4O/c20-18-4-2-1-3-17(18)9-10-19(25)22-11-15-5-7-16(8-6-15)12-24-14-21-13-23-24/h1-10,13-14H,11-12H2,(H,22,25)/b10-9+. The molecule has 0 aliphatic rings. The molecule has 0 aliphatic carbocycles. The van der Waals surface area contributed by atoms with E-state index in [1.54, 1.807) is 23.2 Å². The average Bonchev–Trinajstić information content (AvgIpc) is 3.13. The second-order valence-electron chi connectivity index (χ2n) is 5.48. The molecule has 0 unspecified atom stereocenters. The van der Waals surface area contributed by atoms with Gasteiger partial charge < -0.3 is 5.32 Å². The molecule has 0 atom stereocenters. The molecule has 0 saturated heterocycles. The van der Waals surface area contributed by atoms with Crippen LogP contribution >= 0.6 is 15.9 Å². The number of amides is 1. The van der Waals surface area contributed by atoms with Gasteiger partial charge in [0, 0.05) is 17.1 Å². The van der Waals surface area contributed by atoms with Crippen molar-refractivity contribution in [1.82, 2.24) is 20.1 Å². The number of rotatable bonds is 6. The number of nitrogens with one attached hydrogen (secondary N) is 1. The molecule has 1 amide bonds. The Morgan fingerprint density at radius 2 is 1.88 bits per heavy atom. The van der Waals surface area contributed by atoms with E-state index in [1.165, 1.54) is 6.33 Å². The third kappa shape index (κ3) is 5.12. The van der Waals surface area contributed by atoms with Gasteiger partial charge in [0.1, 0.15) is 12.7 Å². The second-order valence-corrected chi connectivity index (χ2v) is 6.34. The summed E-state index contributed by atoms with van der Waals surface area (Å²) in [5.41, 5.74) is 3.15. The van der Waals surface area contributed by atoms with Crippen molar-refractivity contribution < 1.29 is 4.79 Å². The SMILES string of the molecule is O=C(/C=C/c1ccccc1Br)NCc1ccc(Cn2cncn2)cc1. The van der Waals surface area contributed by atoms with E-state index in [0.29, 0.717) is 13.1 Å². The first-order valence-corrected chi connectivity index (χ1v) is 8.61. The maximum absolute atomic E-state index is 11.9. The van der Waals surface area contributed by atoms with Crippen molar-refractivity contribution in [3.63, 3.8) is 0 Å². The Hall–Kier alpha value is -2.73. The average molecular weight is 397 g/mol. The van der Waals surface area contributed by atoms with Gasteiger partial charge in [-0.1, -0.05) is 58.4 Å². The van der Waals surface area contributed by atoms with E-state index >= 15 is 0 Å². The lowest BCUT2D eigenvalue weighted by molar-refractivity contribution is -0.116. The van der Waals surface area contributed by atoms with Crippen LogP contribution in [0.25, 0.3) is 6.08 Å². The predicted octanol–water partition coefficient (Wildman–Crippen LogP) is 3.42. The van der Waals surface area contributed by atoms with Crippen LogP contribution in [0.5, 0.6) is 0 Å². The zero-order valence-electron chi connectivity index (χ0n) is 13.5. The van der Waals surface area contributed by atoms with Gasteiger partial charge in [0.15, 0.2) is 0 Å². The summed E-state index contributed by atoms with van der Waals surface area (Å²) in [7, 11) is 0. The maximum Gasteiger partial charge on any atom is 0.244 e. The molecule has 3 rings (SSSR count). The summed E-state index contributed by atoms with van der Waals surface area (Å²) >= 11 is 3.46. The van der Waals surface area contributed by atoms with Crippen molar-refractivity contribution in [2.75, 3.05) is 0 Å². The first kappa shape index (κ1) is 17.1. The minimum Gasteiger partial charge on any atom is -0.348 e. The number of hydrogen-bond donors (Lipinski definition) is 1. The molecule has 0 saturated carbocycles. The fourth-order valence-corrected chi connectivity index (χ4v) is 2.70. The van der Waals surface area contributed by atoms with E-state index in [2.05, 4.69) is 31.3 Å². The molecule has 2 aromatic carbocycles. The molecule has 1 N–H and O–H groups in total. The minimum absolute atomic E-state index is 0.123. The third-order valence-electron chi connectivity index (χ3n) is 3.62. The largest absolute Gasteiger partial charge is 0.348 e. The first-order valence-electron chi connectivity index (χ1n) is 7.81. The van der Waals surface area contributed by atoms with E-state index in [-0.39, 0.29) is 5.91 Å². The van der Waals surface area contributed by atoms with Gasteiger partial charge in [-0.3, -0.25) is 4.79 Å². The number of benzene rings is 2. The van der Waals surface area contributed by atoms with Crippen molar-refractivity contribution in [2.24, 2.45) is 0 Å². The molecule has 0 fully saturated rings. The number of nitrogens with zero attached hydrogens (tertiary/aromatic N) is 3. The summed E-state index contributed by atoms with van der Waals surface area (Å²) in [6, 6.07) is 15.8. The molecule has 0 spiro atoms. The van der Waals surface area contributed by atoms with E-state index in [4.69, 9.17) is 0 Å². The van der Waals surface area contributed by atoms with Gasteiger partial charge in [-0.15, -0.1) is 0 Å². The molecule has 126 valence electrons. The molecule has 0 radical (unpaired) electrons.